The van der Waals surface area contributed by atoms with Crippen molar-refractivity contribution >= 4 is 11.8 Å². The van der Waals surface area contributed by atoms with Gasteiger partial charge in [0.1, 0.15) is 0 Å². The Balaban J connectivity index is 1.26. The summed E-state index contributed by atoms with van der Waals surface area (Å²) in [5.74, 6) is 2.09. The molecule has 2 heterocycles. The maximum Gasteiger partial charge on any atom is 0.226 e. The summed E-state index contributed by atoms with van der Waals surface area (Å²) in [6.07, 6.45) is 10.8. The smallest absolute Gasteiger partial charge is 0.226 e. The molecule has 0 aromatic carbocycles. The fourth-order valence-electron chi connectivity index (χ4n) is 4.80. The van der Waals surface area contributed by atoms with Crippen molar-refractivity contribution in [2.24, 2.45) is 17.8 Å². The van der Waals surface area contributed by atoms with Crippen LogP contribution in [0, 0.1) is 17.8 Å². The van der Waals surface area contributed by atoms with E-state index in [0.29, 0.717) is 17.7 Å². The van der Waals surface area contributed by atoms with Crippen molar-refractivity contribution in [1.82, 2.24) is 9.80 Å². The molecule has 2 saturated heterocycles. The van der Waals surface area contributed by atoms with Crippen molar-refractivity contribution in [3.63, 3.8) is 0 Å². The van der Waals surface area contributed by atoms with Crippen LogP contribution in [0.1, 0.15) is 65.2 Å². The van der Waals surface area contributed by atoms with Gasteiger partial charge in [-0.1, -0.05) is 11.6 Å². The third-order valence-electron chi connectivity index (χ3n) is 7.00. The van der Waals surface area contributed by atoms with Crippen LogP contribution in [0.3, 0.4) is 0 Å². The summed E-state index contributed by atoms with van der Waals surface area (Å²) in [6, 6.07) is 0. The lowest BCUT2D eigenvalue weighted by Crippen LogP contribution is -2.42. The van der Waals surface area contributed by atoms with Crippen LogP contribution in [0.5, 0.6) is 0 Å². The Hall–Kier alpha value is -1.36. The van der Waals surface area contributed by atoms with Crippen molar-refractivity contribution < 1.29 is 14.3 Å². The molecule has 3 rings (SSSR count). The molecule has 2 amide bonds. The van der Waals surface area contributed by atoms with Gasteiger partial charge in [0.05, 0.1) is 0 Å². The van der Waals surface area contributed by atoms with Crippen LogP contribution in [-0.4, -0.2) is 61.0 Å². The van der Waals surface area contributed by atoms with Crippen LogP contribution in [0.2, 0.25) is 0 Å². The largest absolute Gasteiger partial charge is 0.381 e. The number of carbonyl (C=O) groups excluding carboxylic acids is 2. The quantitative estimate of drug-likeness (QED) is 0.514. The van der Waals surface area contributed by atoms with E-state index in [-0.39, 0.29) is 11.8 Å². The molecule has 0 N–H and O–H groups in total. The molecule has 0 aromatic rings. The van der Waals surface area contributed by atoms with Crippen molar-refractivity contribution in [3.05, 3.63) is 11.6 Å². The first-order chi connectivity index (χ1) is 13.5. The standard InChI is InChI=1S/C23H38N2O3/c1-18-3-5-22(6-4-18)23(27)25-14-7-20(8-15-25)11-16-28-17-21-9-12-24(13-10-21)19(2)26/h3,20-22H,4-17H2,1-2H3. The van der Waals surface area contributed by atoms with E-state index in [4.69, 9.17) is 4.74 Å². The molecule has 0 aromatic heterocycles. The molecular weight excluding hydrogens is 352 g/mol. The number of rotatable bonds is 6. The van der Waals surface area contributed by atoms with Gasteiger partial charge in [-0.25, -0.2) is 0 Å². The SMILES string of the molecule is CC(=O)N1CCC(COCCC2CCN(C(=O)C3CC=C(C)CC3)CC2)CC1. The van der Waals surface area contributed by atoms with Crippen molar-refractivity contribution in [2.75, 3.05) is 39.4 Å². The number of allylic oxidation sites excluding steroid dienone is 2. The summed E-state index contributed by atoms with van der Waals surface area (Å²) in [4.78, 5) is 28.1. The molecule has 1 atom stereocenters. The maximum absolute atomic E-state index is 12.7. The van der Waals surface area contributed by atoms with Gasteiger partial charge in [-0.15, -0.1) is 0 Å². The van der Waals surface area contributed by atoms with E-state index < -0.39 is 0 Å². The molecular formula is C23H38N2O3. The number of amides is 2. The molecule has 2 fully saturated rings. The second-order valence-corrected chi connectivity index (χ2v) is 9.10. The summed E-state index contributed by atoms with van der Waals surface area (Å²) >= 11 is 0. The van der Waals surface area contributed by atoms with Gasteiger partial charge in [-0.05, 0) is 70.1 Å². The fourth-order valence-corrected chi connectivity index (χ4v) is 4.80. The van der Waals surface area contributed by atoms with Gasteiger partial charge >= 0.3 is 0 Å². The molecule has 28 heavy (non-hydrogen) atoms. The zero-order valence-corrected chi connectivity index (χ0v) is 17.8. The summed E-state index contributed by atoms with van der Waals surface area (Å²) in [5.41, 5.74) is 1.44. The summed E-state index contributed by atoms with van der Waals surface area (Å²) in [6.45, 7) is 9.10. The Morgan fingerprint density at radius 2 is 1.64 bits per heavy atom. The molecule has 5 nitrogen and oxygen atoms in total. The molecule has 0 bridgehead atoms. The third-order valence-corrected chi connectivity index (χ3v) is 7.00. The molecule has 0 saturated carbocycles. The molecule has 0 radical (unpaired) electrons. The molecule has 1 aliphatic carbocycles. The Kier molecular flexibility index (Phi) is 7.95. The fraction of sp³-hybridized carbons (Fsp3) is 0.826. The molecule has 0 spiro atoms. The lowest BCUT2D eigenvalue weighted by Gasteiger charge is -2.35. The lowest BCUT2D eigenvalue weighted by molar-refractivity contribution is -0.137. The zero-order chi connectivity index (χ0) is 19.9. The van der Waals surface area contributed by atoms with Gasteiger partial charge < -0.3 is 14.5 Å². The Bertz CT molecular complexity index is 558. The molecule has 158 valence electrons. The van der Waals surface area contributed by atoms with Gasteiger partial charge in [0, 0.05) is 52.2 Å². The van der Waals surface area contributed by atoms with Gasteiger partial charge in [0.25, 0.3) is 0 Å². The number of carbonyl (C=O) groups is 2. The molecule has 2 aliphatic heterocycles. The van der Waals surface area contributed by atoms with E-state index in [9.17, 15) is 9.59 Å². The minimum absolute atomic E-state index is 0.194. The second kappa shape index (κ2) is 10.4. The predicted octanol–water partition coefficient (Wildman–Crippen LogP) is 3.64. The highest BCUT2D eigenvalue weighted by atomic mass is 16.5. The Labute approximate surface area is 170 Å². The van der Waals surface area contributed by atoms with Crippen LogP contribution in [0.4, 0.5) is 0 Å². The number of nitrogens with zero attached hydrogens (tertiary/aromatic N) is 2. The summed E-state index contributed by atoms with van der Waals surface area (Å²) < 4.78 is 5.96. The van der Waals surface area contributed by atoms with Crippen LogP contribution in [0.15, 0.2) is 11.6 Å². The molecule has 5 heteroatoms. The third kappa shape index (κ3) is 6.07. The first-order valence-corrected chi connectivity index (χ1v) is 11.3. The normalized spacial score (nSPS) is 24.9. The van der Waals surface area contributed by atoms with Crippen LogP contribution >= 0.6 is 0 Å². The van der Waals surface area contributed by atoms with Crippen LogP contribution in [-0.2, 0) is 14.3 Å². The van der Waals surface area contributed by atoms with E-state index in [2.05, 4.69) is 17.9 Å². The first-order valence-electron chi connectivity index (χ1n) is 11.3. The number of ether oxygens (including phenoxy) is 1. The van der Waals surface area contributed by atoms with Gasteiger partial charge in [0.15, 0.2) is 0 Å². The highest BCUT2D eigenvalue weighted by Crippen LogP contribution is 2.28. The van der Waals surface area contributed by atoms with Crippen molar-refractivity contribution in [3.8, 4) is 0 Å². The number of piperidine rings is 2. The van der Waals surface area contributed by atoms with Gasteiger partial charge in [0.2, 0.25) is 11.8 Å². The summed E-state index contributed by atoms with van der Waals surface area (Å²) in [5, 5.41) is 0. The van der Waals surface area contributed by atoms with Gasteiger partial charge in [-0.2, -0.15) is 0 Å². The second-order valence-electron chi connectivity index (χ2n) is 9.10. The highest BCUT2D eigenvalue weighted by molar-refractivity contribution is 5.79. The number of hydrogen-bond acceptors (Lipinski definition) is 3. The Morgan fingerprint density at radius 1 is 1.00 bits per heavy atom. The van der Waals surface area contributed by atoms with E-state index in [1.807, 2.05) is 4.90 Å². The van der Waals surface area contributed by atoms with Gasteiger partial charge in [-0.3, -0.25) is 9.59 Å². The highest BCUT2D eigenvalue weighted by Gasteiger charge is 2.28. The minimum atomic E-state index is 0.194. The predicted molar refractivity (Wildman–Crippen MR) is 111 cm³/mol. The lowest BCUT2D eigenvalue weighted by atomic mass is 9.87. The first kappa shape index (κ1) is 21.4. The minimum Gasteiger partial charge on any atom is -0.381 e. The van der Waals surface area contributed by atoms with E-state index in [1.165, 1.54) is 5.57 Å². The Morgan fingerprint density at radius 3 is 2.25 bits per heavy atom. The zero-order valence-electron chi connectivity index (χ0n) is 17.8. The van der Waals surface area contributed by atoms with Crippen LogP contribution < -0.4 is 0 Å². The number of hydrogen-bond donors (Lipinski definition) is 0. The topological polar surface area (TPSA) is 49.9 Å². The average Bonchev–Trinajstić information content (AvgIpc) is 2.72. The average molecular weight is 391 g/mol. The van der Waals surface area contributed by atoms with E-state index >= 15 is 0 Å². The van der Waals surface area contributed by atoms with E-state index in [1.54, 1.807) is 6.92 Å². The van der Waals surface area contributed by atoms with Crippen molar-refractivity contribution in [2.45, 2.75) is 65.2 Å². The molecule has 1 unspecified atom stereocenters. The van der Waals surface area contributed by atoms with Crippen molar-refractivity contribution in [1.29, 1.82) is 0 Å². The number of likely N-dealkylation sites (tertiary alicyclic amines) is 2. The molecule has 3 aliphatic rings. The van der Waals surface area contributed by atoms with Crippen LogP contribution in [0.25, 0.3) is 0 Å². The van der Waals surface area contributed by atoms with E-state index in [0.717, 1.165) is 90.8 Å². The monoisotopic (exact) mass is 390 g/mol. The maximum atomic E-state index is 12.7. The summed E-state index contributed by atoms with van der Waals surface area (Å²) in [7, 11) is 0.